The molecule has 0 spiro atoms. The van der Waals surface area contributed by atoms with Crippen LogP contribution in [0.3, 0.4) is 0 Å². The lowest BCUT2D eigenvalue weighted by Gasteiger charge is -2.40. The Morgan fingerprint density at radius 1 is 1.03 bits per heavy atom. The Morgan fingerprint density at radius 3 is 2.50 bits per heavy atom. The van der Waals surface area contributed by atoms with Gasteiger partial charge >= 0.3 is 0 Å². The van der Waals surface area contributed by atoms with Gasteiger partial charge in [0.25, 0.3) is 0 Å². The maximum atomic E-state index is 10.4. The van der Waals surface area contributed by atoms with Crippen LogP contribution >= 0.6 is 0 Å². The average molecular weight is 415 g/mol. The number of anilines is 1. The summed E-state index contributed by atoms with van der Waals surface area (Å²) in [6.45, 7) is 3.87. The number of hydrogen-bond acceptors (Lipinski definition) is 7. The zero-order valence-electron chi connectivity index (χ0n) is 17.0. The van der Waals surface area contributed by atoms with E-state index in [0.717, 1.165) is 42.1 Å². The van der Waals surface area contributed by atoms with E-state index in [-0.39, 0.29) is 0 Å². The molecular formula is C23H29NO6. The molecule has 162 valence electrons. The second-order valence-electron chi connectivity index (χ2n) is 7.89. The first-order valence-electron chi connectivity index (χ1n) is 10.4. The number of aliphatic hydroxyl groups excluding tert-OH is 4. The highest BCUT2D eigenvalue weighted by Gasteiger charge is 2.44. The minimum Gasteiger partial charge on any atom is -0.494 e. The Hall–Kier alpha value is -2.16. The first-order chi connectivity index (χ1) is 14.5. The summed E-state index contributed by atoms with van der Waals surface area (Å²) < 4.78 is 11.2. The van der Waals surface area contributed by atoms with Crippen molar-refractivity contribution < 1.29 is 29.9 Å². The Bertz CT molecular complexity index is 855. The molecule has 0 bridgehead atoms. The van der Waals surface area contributed by atoms with Crippen LogP contribution in [0.25, 0.3) is 0 Å². The van der Waals surface area contributed by atoms with Gasteiger partial charge in [0.2, 0.25) is 0 Å². The molecule has 4 rings (SSSR count). The highest BCUT2D eigenvalue weighted by atomic mass is 16.5. The number of nitrogens with zero attached hydrogens (tertiary/aromatic N) is 1. The van der Waals surface area contributed by atoms with Crippen LogP contribution in [0, 0.1) is 0 Å². The summed E-state index contributed by atoms with van der Waals surface area (Å²) in [5.41, 5.74) is 4.21. The van der Waals surface area contributed by atoms with Gasteiger partial charge in [0.1, 0.15) is 36.3 Å². The van der Waals surface area contributed by atoms with Gasteiger partial charge in [-0.25, -0.2) is 0 Å². The first kappa shape index (κ1) is 21.1. The fraction of sp³-hybridized carbons (Fsp3) is 0.478. The molecule has 1 saturated heterocycles. The summed E-state index contributed by atoms with van der Waals surface area (Å²) in [5.74, 6) is 0.868. The molecule has 4 N–H and O–H groups in total. The van der Waals surface area contributed by atoms with Crippen LogP contribution in [0.2, 0.25) is 0 Å². The van der Waals surface area contributed by atoms with E-state index in [0.29, 0.717) is 6.61 Å². The van der Waals surface area contributed by atoms with E-state index in [1.165, 1.54) is 5.56 Å². The number of fused-ring (bicyclic) bond motifs is 1. The van der Waals surface area contributed by atoms with Crippen molar-refractivity contribution >= 4 is 5.69 Å². The van der Waals surface area contributed by atoms with Gasteiger partial charge in [-0.3, -0.25) is 0 Å². The van der Waals surface area contributed by atoms with Gasteiger partial charge in [-0.2, -0.15) is 0 Å². The number of rotatable bonds is 6. The van der Waals surface area contributed by atoms with Crippen molar-refractivity contribution in [3.63, 3.8) is 0 Å². The first-order valence-corrected chi connectivity index (χ1v) is 10.4. The summed E-state index contributed by atoms with van der Waals surface area (Å²) >= 11 is 0. The van der Waals surface area contributed by atoms with Crippen LogP contribution in [-0.4, -0.2) is 64.6 Å². The molecule has 1 fully saturated rings. The molecule has 30 heavy (non-hydrogen) atoms. The summed E-state index contributed by atoms with van der Waals surface area (Å²) in [6.07, 6.45) is -4.81. The van der Waals surface area contributed by atoms with E-state index in [1.807, 2.05) is 37.3 Å². The summed E-state index contributed by atoms with van der Waals surface area (Å²) in [7, 11) is 0. The van der Waals surface area contributed by atoms with Crippen LogP contribution in [-0.2, 0) is 17.7 Å². The van der Waals surface area contributed by atoms with E-state index in [4.69, 9.17) is 9.47 Å². The SMILES string of the molecule is CCOc1ccc(CN2CCc3cc([C@@H]4O[C@H](CO)[C@@H](O)[C@H](O)[C@H]4O)ccc32)cc1. The van der Waals surface area contributed by atoms with Gasteiger partial charge in [-0.1, -0.05) is 24.3 Å². The Balaban J connectivity index is 1.49. The lowest BCUT2D eigenvalue weighted by molar-refractivity contribution is -0.231. The molecule has 0 amide bonds. The van der Waals surface area contributed by atoms with Crippen LogP contribution < -0.4 is 9.64 Å². The van der Waals surface area contributed by atoms with Gasteiger partial charge in [0.15, 0.2) is 0 Å². The third-order valence-corrected chi connectivity index (χ3v) is 5.92. The topological polar surface area (TPSA) is 103 Å². The monoisotopic (exact) mass is 415 g/mol. The van der Waals surface area contributed by atoms with E-state index >= 15 is 0 Å². The van der Waals surface area contributed by atoms with E-state index in [9.17, 15) is 20.4 Å². The molecule has 0 aromatic heterocycles. The number of hydrogen-bond donors (Lipinski definition) is 4. The van der Waals surface area contributed by atoms with Crippen molar-refractivity contribution in [3.8, 4) is 5.75 Å². The van der Waals surface area contributed by atoms with Gasteiger partial charge in [-0.05, 0) is 48.2 Å². The molecule has 7 heteroatoms. The molecule has 0 unspecified atom stereocenters. The van der Waals surface area contributed by atoms with Gasteiger partial charge in [0.05, 0.1) is 13.2 Å². The van der Waals surface area contributed by atoms with Crippen molar-refractivity contribution in [3.05, 3.63) is 59.2 Å². The molecule has 2 heterocycles. The minimum atomic E-state index is -1.37. The molecule has 2 aromatic rings. The van der Waals surface area contributed by atoms with Gasteiger partial charge < -0.3 is 34.8 Å². The highest BCUT2D eigenvalue weighted by Crippen LogP contribution is 2.37. The lowest BCUT2D eigenvalue weighted by Crippen LogP contribution is -2.55. The third kappa shape index (κ3) is 4.04. The van der Waals surface area contributed by atoms with Crippen LogP contribution in [0.5, 0.6) is 5.75 Å². The van der Waals surface area contributed by atoms with Crippen molar-refractivity contribution in [1.82, 2.24) is 0 Å². The van der Waals surface area contributed by atoms with E-state index in [1.54, 1.807) is 0 Å². The maximum Gasteiger partial charge on any atom is 0.119 e. The lowest BCUT2D eigenvalue weighted by atomic mass is 9.90. The molecule has 2 aromatic carbocycles. The molecule has 2 aliphatic heterocycles. The van der Waals surface area contributed by atoms with Crippen molar-refractivity contribution in [2.75, 3.05) is 24.7 Å². The zero-order chi connectivity index (χ0) is 21.3. The summed E-state index contributed by atoms with van der Waals surface area (Å²) in [4.78, 5) is 2.31. The summed E-state index contributed by atoms with van der Waals surface area (Å²) in [5, 5.41) is 39.9. The molecule has 0 radical (unpaired) electrons. The van der Waals surface area contributed by atoms with Crippen molar-refractivity contribution in [2.24, 2.45) is 0 Å². The quantitative estimate of drug-likeness (QED) is 0.562. The molecule has 7 nitrogen and oxygen atoms in total. The van der Waals surface area contributed by atoms with Gasteiger partial charge in [0, 0.05) is 18.8 Å². The number of aliphatic hydroxyl groups is 4. The maximum absolute atomic E-state index is 10.4. The molecule has 0 aliphatic carbocycles. The fourth-order valence-electron chi connectivity index (χ4n) is 4.29. The normalized spacial score (nSPS) is 28.4. The van der Waals surface area contributed by atoms with Crippen molar-refractivity contribution in [2.45, 2.75) is 50.4 Å². The van der Waals surface area contributed by atoms with E-state index < -0.39 is 37.1 Å². The summed E-state index contributed by atoms with van der Waals surface area (Å²) in [6, 6.07) is 14.0. The minimum absolute atomic E-state index is 0.428. The fourth-order valence-corrected chi connectivity index (χ4v) is 4.29. The third-order valence-electron chi connectivity index (χ3n) is 5.92. The smallest absolute Gasteiger partial charge is 0.119 e. The van der Waals surface area contributed by atoms with E-state index in [2.05, 4.69) is 17.0 Å². The van der Waals surface area contributed by atoms with Gasteiger partial charge in [-0.15, -0.1) is 0 Å². The molecular weight excluding hydrogens is 386 g/mol. The Morgan fingerprint density at radius 2 is 1.80 bits per heavy atom. The second-order valence-corrected chi connectivity index (χ2v) is 7.89. The highest BCUT2D eigenvalue weighted by molar-refractivity contribution is 5.59. The number of benzene rings is 2. The number of ether oxygens (including phenoxy) is 2. The molecule has 0 saturated carbocycles. The van der Waals surface area contributed by atoms with Crippen molar-refractivity contribution in [1.29, 1.82) is 0 Å². The Kier molecular flexibility index (Phi) is 6.26. The molecule has 5 atom stereocenters. The van der Waals surface area contributed by atoms with Crippen LogP contribution in [0.1, 0.15) is 29.7 Å². The average Bonchev–Trinajstić information content (AvgIpc) is 3.16. The zero-order valence-corrected chi connectivity index (χ0v) is 17.0. The predicted octanol–water partition coefficient (Wildman–Crippen LogP) is 1.16. The Labute approximate surface area is 176 Å². The molecule has 2 aliphatic rings. The second kappa shape index (κ2) is 8.91. The largest absolute Gasteiger partial charge is 0.494 e. The standard InChI is InChI=1S/C23H29NO6/c1-2-29-17-6-3-14(4-7-17)12-24-10-9-15-11-16(5-8-18(15)24)23-22(28)21(27)20(26)19(13-25)30-23/h3-8,11,19-23,25-28H,2,9-10,12-13H2,1H3/t19-,20-,21+,22-,23+/m1/s1. The van der Waals surface area contributed by atoms with Crippen LogP contribution in [0.15, 0.2) is 42.5 Å². The predicted molar refractivity (Wildman–Crippen MR) is 112 cm³/mol. The van der Waals surface area contributed by atoms with Crippen LogP contribution in [0.4, 0.5) is 5.69 Å².